The van der Waals surface area contributed by atoms with Crippen molar-refractivity contribution in [1.29, 1.82) is 0 Å². The van der Waals surface area contributed by atoms with Crippen LogP contribution < -0.4 is 5.32 Å². The van der Waals surface area contributed by atoms with E-state index in [1.807, 2.05) is 24.3 Å². The Morgan fingerprint density at radius 3 is 2.70 bits per heavy atom. The van der Waals surface area contributed by atoms with Gasteiger partial charge in [0, 0.05) is 19.0 Å². The highest BCUT2D eigenvalue weighted by Crippen LogP contribution is 2.20. The standard InChI is InChI=1S/C21H29N3O2S/c25-19(22-16-10-4-1-2-5-11-16)14-6-3-9-15-24-20(26)17-12-7-8-13-18(17)23-21(24)27/h7-8,12-13,16-17H,1-6,9-11,14-15H2,(H,22,25). The Balaban J connectivity index is 1.35. The molecule has 1 fully saturated rings. The summed E-state index contributed by atoms with van der Waals surface area (Å²) in [4.78, 5) is 30.7. The molecule has 3 rings (SSSR count). The predicted molar refractivity (Wildman–Crippen MR) is 112 cm³/mol. The van der Waals surface area contributed by atoms with Gasteiger partial charge in [0.1, 0.15) is 0 Å². The molecule has 6 heteroatoms. The van der Waals surface area contributed by atoms with Gasteiger partial charge in [0.25, 0.3) is 0 Å². The third-order valence-electron chi connectivity index (χ3n) is 5.49. The summed E-state index contributed by atoms with van der Waals surface area (Å²) in [5.74, 6) is -0.122. The van der Waals surface area contributed by atoms with Gasteiger partial charge in [0.05, 0.1) is 11.6 Å². The van der Waals surface area contributed by atoms with E-state index >= 15 is 0 Å². The smallest absolute Gasteiger partial charge is 0.241 e. The summed E-state index contributed by atoms with van der Waals surface area (Å²) in [6.45, 7) is 0.576. The van der Waals surface area contributed by atoms with Gasteiger partial charge >= 0.3 is 0 Å². The number of hydrogen-bond acceptors (Lipinski definition) is 3. The molecular formula is C21H29N3O2S. The van der Waals surface area contributed by atoms with Crippen LogP contribution in [-0.2, 0) is 9.59 Å². The lowest BCUT2D eigenvalue weighted by atomic mass is 9.95. The van der Waals surface area contributed by atoms with Gasteiger partial charge in [-0.3, -0.25) is 14.5 Å². The lowest BCUT2D eigenvalue weighted by Crippen LogP contribution is -2.46. The van der Waals surface area contributed by atoms with Crippen molar-refractivity contribution in [2.24, 2.45) is 10.9 Å². The van der Waals surface area contributed by atoms with Crippen molar-refractivity contribution in [3.05, 3.63) is 24.3 Å². The van der Waals surface area contributed by atoms with Crippen LogP contribution in [0.15, 0.2) is 29.3 Å². The van der Waals surface area contributed by atoms with Crippen LogP contribution in [0.2, 0.25) is 0 Å². The largest absolute Gasteiger partial charge is 0.353 e. The van der Waals surface area contributed by atoms with E-state index in [-0.39, 0.29) is 17.7 Å². The van der Waals surface area contributed by atoms with Gasteiger partial charge in [-0.15, -0.1) is 0 Å². The number of nitrogens with one attached hydrogen (secondary N) is 1. The molecule has 0 aromatic rings. The van der Waals surface area contributed by atoms with Gasteiger partial charge < -0.3 is 5.32 Å². The summed E-state index contributed by atoms with van der Waals surface area (Å²) in [7, 11) is 0. The van der Waals surface area contributed by atoms with Crippen molar-refractivity contribution in [2.45, 2.75) is 70.3 Å². The number of carbonyl (C=O) groups excluding carboxylic acids is 2. The number of rotatable bonds is 7. The van der Waals surface area contributed by atoms with Crippen molar-refractivity contribution >= 4 is 34.9 Å². The Bertz CT molecular complexity index is 660. The second kappa shape index (κ2) is 9.93. The second-order valence-corrected chi connectivity index (χ2v) is 7.96. The van der Waals surface area contributed by atoms with Crippen molar-refractivity contribution in [3.8, 4) is 0 Å². The van der Waals surface area contributed by atoms with Crippen molar-refractivity contribution in [3.63, 3.8) is 0 Å². The average molecular weight is 388 g/mol. The highest BCUT2D eigenvalue weighted by Gasteiger charge is 2.33. The SMILES string of the molecule is O=C(CCCCCN1C(=O)C2C=CC=CC2=NC1=S)NC1CCCCCC1. The van der Waals surface area contributed by atoms with Crippen LogP contribution in [0.1, 0.15) is 64.2 Å². The van der Waals surface area contributed by atoms with E-state index in [0.717, 1.165) is 37.8 Å². The van der Waals surface area contributed by atoms with Crippen LogP contribution in [-0.4, -0.2) is 40.1 Å². The fraction of sp³-hybridized carbons (Fsp3) is 0.619. The molecule has 0 bridgehead atoms. The summed E-state index contributed by atoms with van der Waals surface area (Å²) in [6.07, 6.45) is 17.9. The van der Waals surface area contributed by atoms with E-state index in [1.54, 1.807) is 4.90 Å². The molecule has 0 spiro atoms. The molecule has 27 heavy (non-hydrogen) atoms. The first-order valence-electron chi connectivity index (χ1n) is 10.2. The molecule has 3 aliphatic rings. The van der Waals surface area contributed by atoms with Crippen molar-refractivity contribution in [2.75, 3.05) is 6.54 Å². The maximum absolute atomic E-state index is 12.6. The lowest BCUT2D eigenvalue weighted by Gasteiger charge is -2.30. The lowest BCUT2D eigenvalue weighted by molar-refractivity contribution is -0.128. The van der Waals surface area contributed by atoms with Crippen molar-refractivity contribution < 1.29 is 9.59 Å². The van der Waals surface area contributed by atoms with Crippen LogP contribution >= 0.6 is 12.2 Å². The number of aliphatic imine (C=N–C) groups is 1. The molecular weight excluding hydrogens is 358 g/mol. The number of allylic oxidation sites excluding steroid dienone is 3. The summed E-state index contributed by atoms with van der Waals surface area (Å²) in [6, 6.07) is 0.369. The van der Waals surface area contributed by atoms with E-state index in [2.05, 4.69) is 10.3 Å². The van der Waals surface area contributed by atoms with Crippen LogP contribution in [0.4, 0.5) is 0 Å². The summed E-state index contributed by atoms with van der Waals surface area (Å²) >= 11 is 5.29. The molecule has 1 unspecified atom stereocenters. The fourth-order valence-corrected chi connectivity index (χ4v) is 4.23. The van der Waals surface area contributed by atoms with E-state index in [0.29, 0.717) is 24.1 Å². The Kier molecular flexibility index (Phi) is 7.33. The van der Waals surface area contributed by atoms with E-state index in [1.165, 1.54) is 25.7 Å². The molecule has 1 aliphatic heterocycles. The maximum Gasteiger partial charge on any atom is 0.241 e. The molecule has 1 N–H and O–H groups in total. The Hall–Kier alpha value is -1.82. The Morgan fingerprint density at radius 1 is 1.15 bits per heavy atom. The third-order valence-corrected chi connectivity index (χ3v) is 5.81. The summed E-state index contributed by atoms with van der Waals surface area (Å²) in [5.41, 5.74) is 0.735. The molecule has 1 atom stereocenters. The molecule has 0 radical (unpaired) electrons. The molecule has 1 heterocycles. The highest BCUT2D eigenvalue weighted by molar-refractivity contribution is 7.80. The monoisotopic (exact) mass is 387 g/mol. The number of hydrogen-bond donors (Lipinski definition) is 1. The zero-order chi connectivity index (χ0) is 19.1. The Labute approximate surface area is 167 Å². The minimum absolute atomic E-state index is 0.0108. The van der Waals surface area contributed by atoms with E-state index in [9.17, 15) is 9.59 Å². The normalized spacial score (nSPS) is 23.0. The van der Waals surface area contributed by atoms with Crippen LogP contribution in [0.5, 0.6) is 0 Å². The number of thiocarbonyl (C=S) groups is 1. The van der Waals surface area contributed by atoms with Crippen molar-refractivity contribution in [1.82, 2.24) is 10.2 Å². The number of fused-ring (bicyclic) bond motifs is 1. The molecule has 0 aromatic heterocycles. The predicted octanol–water partition coefficient (Wildman–Crippen LogP) is 3.70. The molecule has 146 valence electrons. The number of unbranched alkanes of at least 4 members (excludes halogenated alkanes) is 2. The first kappa shape index (κ1) is 19.9. The topological polar surface area (TPSA) is 61.8 Å². The number of amides is 2. The van der Waals surface area contributed by atoms with Crippen LogP contribution in [0.25, 0.3) is 0 Å². The minimum Gasteiger partial charge on any atom is -0.353 e. The van der Waals surface area contributed by atoms with Gasteiger partial charge in [-0.1, -0.05) is 50.3 Å². The molecule has 2 amide bonds. The molecule has 0 saturated heterocycles. The quantitative estimate of drug-likeness (QED) is 0.412. The second-order valence-electron chi connectivity index (χ2n) is 7.60. The van der Waals surface area contributed by atoms with Gasteiger partial charge in [0.2, 0.25) is 16.9 Å². The van der Waals surface area contributed by atoms with Crippen LogP contribution in [0, 0.1) is 5.92 Å². The van der Waals surface area contributed by atoms with Gasteiger partial charge in [-0.2, -0.15) is 0 Å². The van der Waals surface area contributed by atoms with Gasteiger partial charge in [-0.05, 0) is 44.0 Å². The zero-order valence-corrected chi connectivity index (χ0v) is 16.7. The fourth-order valence-electron chi connectivity index (χ4n) is 3.94. The third kappa shape index (κ3) is 5.58. The first-order valence-corrected chi connectivity index (χ1v) is 10.6. The van der Waals surface area contributed by atoms with E-state index in [4.69, 9.17) is 12.2 Å². The zero-order valence-electron chi connectivity index (χ0n) is 15.9. The Morgan fingerprint density at radius 2 is 1.93 bits per heavy atom. The molecule has 0 aromatic carbocycles. The maximum atomic E-state index is 12.6. The van der Waals surface area contributed by atoms with Crippen LogP contribution in [0.3, 0.4) is 0 Å². The summed E-state index contributed by atoms with van der Waals surface area (Å²) < 4.78 is 0. The highest BCUT2D eigenvalue weighted by atomic mass is 32.1. The average Bonchev–Trinajstić information content (AvgIpc) is 2.92. The minimum atomic E-state index is -0.299. The van der Waals surface area contributed by atoms with E-state index < -0.39 is 0 Å². The number of nitrogens with zero attached hydrogens (tertiary/aromatic N) is 2. The number of carbonyl (C=O) groups is 2. The molecule has 1 saturated carbocycles. The first-order chi connectivity index (χ1) is 13.1. The van der Waals surface area contributed by atoms with Gasteiger partial charge in [0.15, 0.2) is 0 Å². The molecule has 5 nitrogen and oxygen atoms in total. The van der Waals surface area contributed by atoms with Gasteiger partial charge in [-0.25, -0.2) is 4.99 Å². The molecule has 2 aliphatic carbocycles. The summed E-state index contributed by atoms with van der Waals surface area (Å²) in [5, 5.41) is 3.55.